The number of hydrogen-bond donors (Lipinski definition) is 1. The summed E-state index contributed by atoms with van der Waals surface area (Å²) in [6.45, 7) is 0. The van der Waals surface area contributed by atoms with Crippen LogP contribution in [0.2, 0.25) is 5.02 Å². The maximum absolute atomic E-state index is 5.75. The van der Waals surface area contributed by atoms with Crippen LogP contribution in [0.1, 0.15) is 0 Å². The Morgan fingerprint density at radius 2 is 1.77 bits per heavy atom. The third kappa shape index (κ3) is 2.04. The molecule has 0 saturated heterocycles. The van der Waals surface area contributed by atoms with E-state index in [4.69, 9.17) is 16.0 Å². The van der Waals surface area contributed by atoms with E-state index in [1.54, 1.807) is 12.5 Å². The Labute approximate surface area is 81.1 Å². The van der Waals surface area contributed by atoms with Gasteiger partial charge in [-0.15, -0.1) is 0 Å². The topological polar surface area (TPSA) is 25.2 Å². The molecule has 2 nitrogen and oxygen atoms in total. The van der Waals surface area contributed by atoms with Gasteiger partial charge in [-0.2, -0.15) is 0 Å². The predicted molar refractivity (Wildman–Crippen MR) is 53.4 cm³/mol. The van der Waals surface area contributed by atoms with Gasteiger partial charge in [0.1, 0.15) is 6.26 Å². The van der Waals surface area contributed by atoms with E-state index in [2.05, 4.69) is 5.32 Å². The summed E-state index contributed by atoms with van der Waals surface area (Å²) in [5.41, 5.74) is 1.92. The van der Waals surface area contributed by atoms with Crippen LogP contribution < -0.4 is 5.32 Å². The first-order valence-corrected chi connectivity index (χ1v) is 4.27. The van der Waals surface area contributed by atoms with Crippen LogP contribution in [0.25, 0.3) is 0 Å². The summed E-state index contributed by atoms with van der Waals surface area (Å²) >= 11 is 5.75. The third-order valence-corrected chi connectivity index (χ3v) is 1.91. The van der Waals surface area contributed by atoms with E-state index in [0.29, 0.717) is 0 Å². The summed E-state index contributed by atoms with van der Waals surface area (Å²) < 4.78 is 4.92. The summed E-state index contributed by atoms with van der Waals surface area (Å²) in [7, 11) is 0. The zero-order valence-electron chi connectivity index (χ0n) is 6.83. The lowest BCUT2D eigenvalue weighted by atomic mass is 10.3. The van der Waals surface area contributed by atoms with E-state index in [1.165, 1.54) is 0 Å². The van der Waals surface area contributed by atoms with E-state index in [1.807, 2.05) is 30.3 Å². The highest BCUT2D eigenvalue weighted by atomic mass is 35.5. The van der Waals surface area contributed by atoms with Gasteiger partial charge in [0.2, 0.25) is 0 Å². The Morgan fingerprint density at radius 1 is 1.00 bits per heavy atom. The molecule has 0 spiro atoms. The molecule has 2 aromatic rings. The molecule has 0 aliphatic heterocycles. The van der Waals surface area contributed by atoms with Crippen molar-refractivity contribution >= 4 is 23.0 Å². The SMILES string of the molecule is Clc1ccc(Nc2ccoc2)cc1. The molecule has 0 radical (unpaired) electrons. The molecule has 13 heavy (non-hydrogen) atoms. The van der Waals surface area contributed by atoms with Gasteiger partial charge in [0.25, 0.3) is 0 Å². The third-order valence-electron chi connectivity index (χ3n) is 1.65. The van der Waals surface area contributed by atoms with E-state index in [-0.39, 0.29) is 0 Å². The molecule has 0 fully saturated rings. The van der Waals surface area contributed by atoms with Crippen molar-refractivity contribution in [2.45, 2.75) is 0 Å². The largest absolute Gasteiger partial charge is 0.470 e. The van der Waals surface area contributed by atoms with Gasteiger partial charge in [0.15, 0.2) is 0 Å². The minimum Gasteiger partial charge on any atom is -0.470 e. The van der Waals surface area contributed by atoms with Crippen molar-refractivity contribution in [3.8, 4) is 0 Å². The van der Waals surface area contributed by atoms with Crippen LogP contribution in [0.15, 0.2) is 47.3 Å². The molecule has 66 valence electrons. The normalized spacial score (nSPS) is 9.92. The van der Waals surface area contributed by atoms with Gasteiger partial charge >= 0.3 is 0 Å². The molecule has 3 heteroatoms. The highest BCUT2D eigenvalue weighted by molar-refractivity contribution is 6.30. The van der Waals surface area contributed by atoms with Gasteiger partial charge in [-0.3, -0.25) is 0 Å². The van der Waals surface area contributed by atoms with Crippen LogP contribution in [-0.4, -0.2) is 0 Å². The van der Waals surface area contributed by atoms with Crippen LogP contribution in [0.5, 0.6) is 0 Å². The minimum atomic E-state index is 0.734. The van der Waals surface area contributed by atoms with E-state index >= 15 is 0 Å². The number of halogens is 1. The summed E-state index contributed by atoms with van der Waals surface area (Å²) in [5.74, 6) is 0. The molecule has 0 saturated carbocycles. The Morgan fingerprint density at radius 3 is 2.38 bits per heavy atom. The fraction of sp³-hybridized carbons (Fsp3) is 0. The molecule has 0 atom stereocenters. The average Bonchev–Trinajstić information content (AvgIpc) is 2.62. The van der Waals surface area contributed by atoms with Crippen molar-refractivity contribution in [1.82, 2.24) is 0 Å². The van der Waals surface area contributed by atoms with Gasteiger partial charge in [-0.05, 0) is 30.3 Å². The van der Waals surface area contributed by atoms with Crippen molar-refractivity contribution in [2.24, 2.45) is 0 Å². The Kier molecular flexibility index (Phi) is 2.23. The monoisotopic (exact) mass is 193 g/mol. The van der Waals surface area contributed by atoms with Crippen molar-refractivity contribution in [3.63, 3.8) is 0 Å². The van der Waals surface area contributed by atoms with Crippen LogP contribution in [0, 0.1) is 0 Å². The number of anilines is 2. The average molecular weight is 194 g/mol. The molecule has 2 rings (SSSR count). The molecule has 1 N–H and O–H groups in total. The maximum Gasteiger partial charge on any atom is 0.114 e. The van der Waals surface area contributed by atoms with E-state index in [9.17, 15) is 0 Å². The Hall–Kier alpha value is -1.41. The first-order chi connectivity index (χ1) is 6.34. The lowest BCUT2D eigenvalue weighted by Gasteiger charge is -2.01. The molecule has 1 aromatic carbocycles. The summed E-state index contributed by atoms with van der Waals surface area (Å²) in [5, 5.41) is 3.89. The Bertz CT molecular complexity index is 366. The lowest BCUT2D eigenvalue weighted by molar-refractivity contribution is 0.568. The van der Waals surface area contributed by atoms with Crippen LogP contribution in [-0.2, 0) is 0 Å². The molecule has 0 amide bonds. The predicted octanol–water partition coefficient (Wildman–Crippen LogP) is 3.68. The first-order valence-electron chi connectivity index (χ1n) is 3.89. The second kappa shape index (κ2) is 3.54. The number of hydrogen-bond acceptors (Lipinski definition) is 2. The highest BCUT2D eigenvalue weighted by Crippen LogP contribution is 2.18. The van der Waals surface area contributed by atoms with E-state index in [0.717, 1.165) is 16.4 Å². The zero-order valence-corrected chi connectivity index (χ0v) is 7.58. The molecular formula is C10H8ClNO. The molecule has 0 aliphatic rings. The fourth-order valence-corrected chi connectivity index (χ4v) is 1.16. The molecular weight excluding hydrogens is 186 g/mol. The smallest absolute Gasteiger partial charge is 0.114 e. The van der Waals surface area contributed by atoms with Crippen molar-refractivity contribution in [1.29, 1.82) is 0 Å². The number of rotatable bonds is 2. The summed E-state index contributed by atoms with van der Waals surface area (Å²) in [4.78, 5) is 0. The molecule has 1 aromatic heterocycles. The fourth-order valence-electron chi connectivity index (χ4n) is 1.04. The van der Waals surface area contributed by atoms with Crippen LogP contribution in [0.3, 0.4) is 0 Å². The van der Waals surface area contributed by atoms with Gasteiger partial charge in [0.05, 0.1) is 12.0 Å². The van der Waals surface area contributed by atoms with Gasteiger partial charge in [-0.1, -0.05) is 11.6 Å². The van der Waals surface area contributed by atoms with Crippen molar-refractivity contribution in [2.75, 3.05) is 5.32 Å². The maximum atomic E-state index is 5.75. The Balaban J connectivity index is 2.15. The summed E-state index contributed by atoms with van der Waals surface area (Å²) in [6.07, 6.45) is 3.27. The van der Waals surface area contributed by atoms with E-state index < -0.39 is 0 Å². The van der Waals surface area contributed by atoms with Gasteiger partial charge in [0, 0.05) is 10.7 Å². The standard InChI is InChI=1S/C10H8ClNO/c11-8-1-3-9(4-2-8)12-10-5-6-13-7-10/h1-7,12H. The summed E-state index contributed by atoms with van der Waals surface area (Å²) in [6, 6.07) is 9.35. The van der Waals surface area contributed by atoms with Crippen LogP contribution in [0.4, 0.5) is 11.4 Å². The second-order valence-corrected chi connectivity index (χ2v) is 3.08. The highest BCUT2D eigenvalue weighted by Gasteiger charge is 1.94. The van der Waals surface area contributed by atoms with Crippen LogP contribution >= 0.6 is 11.6 Å². The van der Waals surface area contributed by atoms with Crippen molar-refractivity contribution in [3.05, 3.63) is 47.9 Å². The molecule has 0 bridgehead atoms. The molecule has 0 unspecified atom stereocenters. The number of nitrogens with one attached hydrogen (secondary N) is 1. The number of furan rings is 1. The molecule has 0 aliphatic carbocycles. The first kappa shape index (κ1) is 8.20. The second-order valence-electron chi connectivity index (χ2n) is 2.64. The van der Waals surface area contributed by atoms with Gasteiger partial charge in [-0.25, -0.2) is 0 Å². The molecule has 1 heterocycles. The van der Waals surface area contributed by atoms with Gasteiger partial charge < -0.3 is 9.73 Å². The minimum absolute atomic E-state index is 0.734. The van der Waals surface area contributed by atoms with Crippen molar-refractivity contribution < 1.29 is 4.42 Å². The zero-order chi connectivity index (χ0) is 9.10. The quantitative estimate of drug-likeness (QED) is 0.787. The number of benzene rings is 1. The lowest BCUT2D eigenvalue weighted by Crippen LogP contribution is -1.86.